The number of carbonyl (C=O) groups excluding carboxylic acids is 1. The third-order valence-electron chi connectivity index (χ3n) is 3.46. The quantitative estimate of drug-likeness (QED) is 0.910. The zero-order valence-corrected chi connectivity index (χ0v) is 14.2. The van der Waals surface area contributed by atoms with Crippen molar-refractivity contribution in [3.05, 3.63) is 21.9 Å². The molecule has 0 aliphatic carbocycles. The van der Waals surface area contributed by atoms with Crippen molar-refractivity contribution >= 4 is 46.8 Å². The molecule has 0 aromatic carbocycles. The average molecular weight is 351 g/mol. The molecule has 1 aromatic rings. The summed E-state index contributed by atoms with van der Waals surface area (Å²) in [6, 6.07) is 0.647. The van der Waals surface area contributed by atoms with E-state index in [0.717, 1.165) is 0 Å². The van der Waals surface area contributed by atoms with Gasteiger partial charge in [0.1, 0.15) is 16.9 Å². The largest absolute Gasteiger partial charge is 0.480 e. The van der Waals surface area contributed by atoms with Gasteiger partial charge in [0, 0.05) is 12.8 Å². The Kier molecular flexibility index (Phi) is 4.80. The molecule has 21 heavy (non-hydrogen) atoms. The molecule has 1 aromatic heterocycles. The van der Waals surface area contributed by atoms with Crippen molar-refractivity contribution in [2.24, 2.45) is 13.0 Å². The van der Waals surface area contributed by atoms with E-state index in [-0.39, 0.29) is 27.4 Å². The SMILES string of the molecule is CC(C)C1SCC(C(=O)O)N1C(=O)c1cc(Cl)c(Cl)n1C. The lowest BCUT2D eigenvalue weighted by Gasteiger charge is -2.29. The summed E-state index contributed by atoms with van der Waals surface area (Å²) in [6.45, 7) is 3.93. The van der Waals surface area contributed by atoms with Crippen LogP contribution in [0.5, 0.6) is 0 Å². The number of aromatic nitrogens is 1. The van der Waals surface area contributed by atoms with Crippen molar-refractivity contribution in [3.8, 4) is 0 Å². The highest BCUT2D eigenvalue weighted by atomic mass is 35.5. The molecule has 1 saturated heterocycles. The highest BCUT2D eigenvalue weighted by molar-refractivity contribution is 8.00. The van der Waals surface area contributed by atoms with Gasteiger partial charge in [-0.1, -0.05) is 37.0 Å². The number of carbonyl (C=O) groups is 2. The van der Waals surface area contributed by atoms with E-state index in [9.17, 15) is 14.7 Å². The summed E-state index contributed by atoms with van der Waals surface area (Å²) in [4.78, 5) is 25.6. The van der Waals surface area contributed by atoms with Gasteiger partial charge in [0.2, 0.25) is 0 Å². The molecule has 116 valence electrons. The first-order valence-electron chi connectivity index (χ1n) is 6.43. The Morgan fingerprint density at radius 3 is 2.48 bits per heavy atom. The number of hydrogen-bond acceptors (Lipinski definition) is 3. The molecule has 0 spiro atoms. The summed E-state index contributed by atoms with van der Waals surface area (Å²) in [5, 5.41) is 9.71. The van der Waals surface area contributed by atoms with Crippen molar-refractivity contribution in [1.29, 1.82) is 0 Å². The molecular weight excluding hydrogens is 335 g/mol. The summed E-state index contributed by atoms with van der Waals surface area (Å²) in [5.41, 5.74) is 0.296. The van der Waals surface area contributed by atoms with Gasteiger partial charge in [-0.2, -0.15) is 0 Å². The summed E-state index contributed by atoms with van der Waals surface area (Å²) in [7, 11) is 1.63. The van der Waals surface area contributed by atoms with E-state index < -0.39 is 12.0 Å². The second-order valence-electron chi connectivity index (χ2n) is 5.26. The first-order valence-corrected chi connectivity index (χ1v) is 8.24. The molecule has 1 fully saturated rings. The second-order valence-corrected chi connectivity index (χ2v) is 7.18. The molecule has 1 N–H and O–H groups in total. The smallest absolute Gasteiger partial charge is 0.327 e. The molecule has 5 nitrogen and oxygen atoms in total. The molecule has 0 radical (unpaired) electrons. The molecule has 2 unspecified atom stereocenters. The lowest BCUT2D eigenvalue weighted by molar-refractivity contribution is -0.141. The van der Waals surface area contributed by atoms with E-state index in [1.165, 1.54) is 27.3 Å². The highest BCUT2D eigenvalue weighted by Gasteiger charge is 2.43. The van der Waals surface area contributed by atoms with E-state index >= 15 is 0 Å². The van der Waals surface area contributed by atoms with Crippen LogP contribution in [-0.2, 0) is 11.8 Å². The molecule has 0 bridgehead atoms. The van der Waals surface area contributed by atoms with Gasteiger partial charge in [-0.25, -0.2) is 4.79 Å². The van der Waals surface area contributed by atoms with Crippen LogP contribution in [0.15, 0.2) is 6.07 Å². The van der Waals surface area contributed by atoms with E-state index in [2.05, 4.69) is 0 Å². The minimum atomic E-state index is -0.995. The number of halogens is 2. The Balaban J connectivity index is 2.41. The first kappa shape index (κ1) is 16.5. The maximum atomic E-state index is 12.8. The molecule has 1 aliphatic heterocycles. The van der Waals surface area contributed by atoms with Gasteiger partial charge >= 0.3 is 5.97 Å². The third kappa shape index (κ3) is 2.89. The fraction of sp³-hybridized carbons (Fsp3) is 0.538. The van der Waals surface area contributed by atoms with Gasteiger partial charge in [0.15, 0.2) is 0 Å². The van der Waals surface area contributed by atoms with Gasteiger partial charge in [-0.3, -0.25) is 4.79 Å². The average Bonchev–Trinajstić information content (AvgIpc) is 2.95. The number of aliphatic carboxylic acids is 1. The number of carboxylic acids is 1. The fourth-order valence-corrected chi connectivity index (χ4v) is 4.22. The number of thioether (sulfide) groups is 1. The van der Waals surface area contributed by atoms with Gasteiger partial charge in [0.05, 0.1) is 10.4 Å². The lowest BCUT2D eigenvalue weighted by atomic mass is 10.1. The summed E-state index contributed by atoms with van der Waals surface area (Å²) in [6.07, 6.45) is 0. The van der Waals surface area contributed by atoms with E-state index in [1.807, 2.05) is 13.8 Å². The number of amides is 1. The summed E-state index contributed by atoms with van der Waals surface area (Å²) >= 11 is 13.4. The van der Waals surface area contributed by atoms with Crippen LogP contribution in [0.2, 0.25) is 10.2 Å². The first-order chi connectivity index (χ1) is 9.75. The van der Waals surface area contributed by atoms with Crippen LogP contribution in [0.1, 0.15) is 24.3 Å². The lowest BCUT2D eigenvalue weighted by Crippen LogP contribution is -2.47. The molecule has 8 heteroatoms. The number of hydrogen-bond donors (Lipinski definition) is 1. The van der Waals surface area contributed by atoms with E-state index in [0.29, 0.717) is 11.4 Å². The predicted molar refractivity (Wildman–Crippen MR) is 84.1 cm³/mol. The normalized spacial score (nSPS) is 22.1. The van der Waals surface area contributed by atoms with Crippen molar-refractivity contribution in [3.63, 3.8) is 0 Å². The Morgan fingerprint density at radius 1 is 1.43 bits per heavy atom. The van der Waals surface area contributed by atoms with Crippen LogP contribution in [-0.4, -0.2) is 43.6 Å². The molecular formula is C13H16Cl2N2O3S. The fourth-order valence-electron chi connectivity index (χ4n) is 2.37. The number of carboxylic acid groups (broad SMARTS) is 1. The van der Waals surface area contributed by atoms with Gasteiger partial charge < -0.3 is 14.6 Å². The highest BCUT2D eigenvalue weighted by Crippen LogP contribution is 2.36. The van der Waals surface area contributed by atoms with Gasteiger partial charge in [0.25, 0.3) is 5.91 Å². The number of rotatable bonds is 3. The predicted octanol–water partition coefficient (Wildman–Crippen LogP) is 2.96. The Morgan fingerprint density at radius 2 is 2.05 bits per heavy atom. The summed E-state index contributed by atoms with van der Waals surface area (Å²) in [5.74, 6) is -0.821. The van der Waals surface area contributed by atoms with Crippen molar-refractivity contribution in [2.75, 3.05) is 5.75 Å². The van der Waals surface area contributed by atoms with Gasteiger partial charge in [-0.15, -0.1) is 11.8 Å². The van der Waals surface area contributed by atoms with Crippen molar-refractivity contribution in [2.45, 2.75) is 25.3 Å². The second kappa shape index (κ2) is 6.10. The maximum absolute atomic E-state index is 12.8. The molecule has 2 rings (SSSR count). The van der Waals surface area contributed by atoms with Crippen LogP contribution < -0.4 is 0 Å². The monoisotopic (exact) mass is 350 g/mol. The minimum absolute atomic E-state index is 0.148. The molecule has 1 amide bonds. The molecule has 2 atom stereocenters. The van der Waals surface area contributed by atoms with Gasteiger partial charge in [-0.05, 0) is 12.0 Å². The van der Waals surface area contributed by atoms with Crippen LogP contribution in [0.4, 0.5) is 0 Å². The zero-order chi connectivity index (χ0) is 15.9. The Labute approximate surface area is 137 Å². The van der Waals surface area contributed by atoms with Crippen LogP contribution in [0.3, 0.4) is 0 Å². The maximum Gasteiger partial charge on any atom is 0.327 e. The zero-order valence-electron chi connectivity index (χ0n) is 11.8. The van der Waals surface area contributed by atoms with Crippen LogP contribution in [0, 0.1) is 5.92 Å². The van der Waals surface area contributed by atoms with Crippen LogP contribution in [0.25, 0.3) is 0 Å². The molecule has 0 saturated carbocycles. The van der Waals surface area contributed by atoms with Crippen molar-refractivity contribution in [1.82, 2.24) is 9.47 Å². The summed E-state index contributed by atoms with van der Waals surface area (Å²) < 4.78 is 1.48. The third-order valence-corrected chi connectivity index (χ3v) is 5.92. The molecule has 1 aliphatic rings. The topological polar surface area (TPSA) is 62.5 Å². The van der Waals surface area contributed by atoms with E-state index in [4.69, 9.17) is 23.2 Å². The van der Waals surface area contributed by atoms with E-state index in [1.54, 1.807) is 7.05 Å². The Bertz CT molecular complexity index is 588. The standard InChI is InChI=1S/C13H16Cl2N2O3S/c1-6(2)12-17(9(5-21-12)13(19)20)11(18)8-4-7(14)10(15)16(8)3/h4,6,9,12H,5H2,1-3H3,(H,19,20). The van der Waals surface area contributed by atoms with Crippen molar-refractivity contribution < 1.29 is 14.7 Å². The Hall–Kier alpha value is -0.850. The number of nitrogens with zero attached hydrogens (tertiary/aromatic N) is 2. The molecule has 2 heterocycles. The van der Waals surface area contributed by atoms with Crippen LogP contribution >= 0.6 is 35.0 Å². The minimum Gasteiger partial charge on any atom is -0.480 e.